The summed E-state index contributed by atoms with van der Waals surface area (Å²) in [7, 11) is 0. The Bertz CT molecular complexity index is 421. The van der Waals surface area contributed by atoms with Crippen molar-refractivity contribution in [1.82, 2.24) is 0 Å². The minimum Gasteiger partial charge on any atom is -0.412 e. The molecule has 1 nitrogen and oxygen atoms in total. The third-order valence-electron chi connectivity index (χ3n) is 7.97. The van der Waals surface area contributed by atoms with Crippen LogP contribution >= 0.6 is 0 Å². The zero-order chi connectivity index (χ0) is 17.8. The van der Waals surface area contributed by atoms with E-state index in [1.54, 1.807) is 0 Å². The van der Waals surface area contributed by atoms with Gasteiger partial charge in [-0.1, -0.05) is 25.8 Å². The molecule has 26 heavy (non-hydrogen) atoms. The fourth-order valence-electron chi connectivity index (χ4n) is 6.17. The largest absolute Gasteiger partial charge is 0.412 e. The van der Waals surface area contributed by atoms with Gasteiger partial charge in [-0.05, 0) is 99.7 Å². The van der Waals surface area contributed by atoms with E-state index in [2.05, 4.69) is 12.7 Å². The fraction of sp³-hybridized carbons (Fsp3) is 0.913. The molecule has 0 saturated heterocycles. The molecule has 3 heteroatoms. The highest BCUT2D eigenvalue weighted by Crippen LogP contribution is 2.47. The summed E-state index contributed by atoms with van der Waals surface area (Å²) in [4.78, 5) is 0. The van der Waals surface area contributed by atoms with Crippen molar-refractivity contribution >= 4 is 0 Å². The maximum absolute atomic E-state index is 14.5. The smallest absolute Gasteiger partial charge is 0.134 e. The molecule has 3 saturated carbocycles. The summed E-state index contributed by atoms with van der Waals surface area (Å²) in [6.07, 6.45) is 14.3. The molecule has 0 bridgehead atoms. The Morgan fingerprint density at radius 2 is 1.35 bits per heavy atom. The van der Waals surface area contributed by atoms with Crippen LogP contribution in [0.4, 0.5) is 8.78 Å². The van der Waals surface area contributed by atoms with Gasteiger partial charge in [0, 0.05) is 2.85 Å². The highest BCUT2D eigenvalue weighted by molar-refractivity contribution is 4.92. The van der Waals surface area contributed by atoms with E-state index in [-0.39, 0.29) is 20.2 Å². The van der Waals surface area contributed by atoms with Crippen LogP contribution in [0.25, 0.3) is 0 Å². The predicted octanol–water partition coefficient (Wildman–Crippen LogP) is 6.96. The molecule has 4 atom stereocenters. The van der Waals surface area contributed by atoms with E-state index in [1.807, 2.05) is 6.92 Å². The molecule has 0 amide bonds. The van der Waals surface area contributed by atoms with Gasteiger partial charge in [-0.25, -0.2) is 8.78 Å². The van der Waals surface area contributed by atoms with Gasteiger partial charge in [0.05, 0.1) is 0 Å². The normalized spacial score (nSPS) is 44.1. The van der Waals surface area contributed by atoms with Gasteiger partial charge in [-0.2, -0.15) is 0 Å². The molecule has 0 heterocycles. The van der Waals surface area contributed by atoms with Gasteiger partial charge in [-0.3, -0.25) is 0 Å². The van der Waals surface area contributed by atoms with Crippen molar-refractivity contribution in [3.63, 3.8) is 0 Å². The van der Waals surface area contributed by atoms with E-state index in [0.29, 0.717) is 5.92 Å². The number of rotatable bonds is 5. The zero-order valence-corrected chi connectivity index (χ0v) is 16.6. The molecule has 3 fully saturated rings. The second-order valence-electron chi connectivity index (χ2n) is 9.43. The van der Waals surface area contributed by atoms with E-state index in [0.717, 1.165) is 43.4 Å². The van der Waals surface area contributed by atoms with E-state index >= 15 is 0 Å². The Morgan fingerprint density at radius 3 is 1.92 bits per heavy atom. The lowest BCUT2D eigenvalue weighted by Crippen LogP contribution is -2.41. The standard InChI is InChI=1S/C23H38F2.H2O.2H2/c1-3-4-5-17-7-9-18(10-8-17)19-11-13-20(14-12-19)21-15-6-16(2)22(24)23(21)25;;;/h3,16-23H,1,4-15H2,2H3;1H2;2*1H. The zero-order valence-electron chi connectivity index (χ0n) is 16.6. The molecule has 3 rings (SSSR count). The van der Waals surface area contributed by atoms with Crippen molar-refractivity contribution in [2.24, 2.45) is 35.5 Å². The molecular formula is C23H44F2O. The average molecular weight is 375 g/mol. The summed E-state index contributed by atoms with van der Waals surface area (Å²) in [6, 6.07) is 0. The van der Waals surface area contributed by atoms with Crippen molar-refractivity contribution in [1.29, 1.82) is 0 Å². The van der Waals surface area contributed by atoms with Gasteiger partial charge in [0.1, 0.15) is 12.3 Å². The lowest BCUT2D eigenvalue weighted by molar-refractivity contribution is -0.0101. The Kier molecular flexibility index (Phi) is 8.57. The molecule has 0 aromatic rings. The van der Waals surface area contributed by atoms with Crippen molar-refractivity contribution in [3.8, 4) is 0 Å². The van der Waals surface area contributed by atoms with Crippen LogP contribution in [0.3, 0.4) is 0 Å². The van der Waals surface area contributed by atoms with Crippen LogP contribution in [-0.4, -0.2) is 17.8 Å². The summed E-state index contributed by atoms with van der Waals surface area (Å²) in [6.45, 7) is 5.71. The molecule has 0 aromatic carbocycles. The number of hydrogen-bond donors (Lipinski definition) is 0. The first-order valence-corrected chi connectivity index (χ1v) is 11.0. The van der Waals surface area contributed by atoms with Crippen LogP contribution in [0.5, 0.6) is 0 Å². The van der Waals surface area contributed by atoms with Gasteiger partial charge in [0.25, 0.3) is 0 Å². The summed E-state index contributed by atoms with van der Waals surface area (Å²) < 4.78 is 28.6. The van der Waals surface area contributed by atoms with Crippen LogP contribution in [0, 0.1) is 35.5 Å². The molecule has 0 aromatic heterocycles. The third kappa shape index (κ3) is 5.09. The highest BCUT2D eigenvalue weighted by atomic mass is 19.2. The van der Waals surface area contributed by atoms with E-state index in [1.165, 1.54) is 51.4 Å². The van der Waals surface area contributed by atoms with Crippen molar-refractivity contribution in [2.75, 3.05) is 0 Å². The second kappa shape index (κ2) is 10.2. The molecule has 0 radical (unpaired) electrons. The second-order valence-corrected chi connectivity index (χ2v) is 9.43. The van der Waals surface area contributed by atoms with E-state index in [4.69, 9.17) is 0 Å². The maximum atomic E-state index is 14.5. The predicted molar refractivity (Wildman–Crippen MR) is 110 cm³/mol. The summed E-state index contributed by atoms with van der Waals surface area (Å²) in [5, 5.41) is 0. The van der Waals surface area contributed by atoms with E-state index in [9.17, 15) is 8.78 Å². The molecule has 0 spiro atoms. The van der Waals surface area contributed by atoms with Crippen LogP contribution in [0.15, 0.2) is 12.7 Å². The quantitative estimate of drug-likeness (QED) is 0.466. The molecule has 0 aliphatic heterocycles. The van der Waals surface area contributed by atoms with Gasteiger partial charge >= 0.3 is 0 Å². The van der Waals surface area contributed by atoms with E-state index < -0.39 is 12.3 Å². The molecular weight excluding hydrogens is 330 g/mol. The van der Waals surface area contributed by atoms with Crippen LogP contribution < -0.4 is 0 Å². The molecule has 3 aliphatic rings. The lowest BCUT2D eigenvalue weighted by atomic mass is 9.64. The Hall–Kier alpha value is -0.440. The monoisotopic (exact) mass is 374 g/mol. The summed E-state index contributed by atoms with van der Waals surface area (Å²) in [5.41, 5.74) is 0. The SMILES string of the molecule is C=CCCC1CCC(C2CCC(C3CCC(C)C(F)C3F)CC2)CC1.O.[HH].[HH]. The Morgan fingerprint density at radius 1 is 0.808 bits per heavy atom. The minimum absolute atomic E-state index is 0. The number of hydrogen-bond acceptors (Lipinski definition) is 0. The van der Waals surface area contributed by atoms with Crippen LogP contribution in [0.1, 0.15) is 86.8 Å². The number of alkyl halides is 2. The lowest BCUT2D eigenvalue weighted by Gasteiger charge is -2.43. The molecule has 4 unspecified atom stereocenters. The van der Waals surface area contributed by atoms with Gasteiger partial charge in [0.15, 0.2) is 0 Å². The molecule has 156 valence electrons. The first kappa shape index (κ1) is 21.9. The Balaban J connectivity index is 0.00000243. The van der Waals surface area contributed by atoms with Gasteiger partial charge in [-0.15, -0.1) is 6.58 Å². The first-order chi connectivity index (χ1) is 12.1. The van der Waals surface area contributed by atoms with Crippen molar-refractivity contribution < 1.29 is 17.1 Å². The summed E-state index contributed by atoms with van der Waals surface area (Å²) in [5.74, 6) is 3.05. The third-order valence-corrected chi connectivity index (χ3v) is 7.97. The first-order valence-electron chi connectivity index (χ1n) is 11.0. The molecule has 2 N–H and O–H groups in total. The highest BCUT2D eigenvalue weighted by Gasteiger charge is 2.43. The van der Waals surface area contributed by atoms with Crippen molar-refractivity contribution in [3.05, 3.63) is 12.7 Å². The molecule has 3 aliphatic carbocycles. The van der Waals surface area contributed by atoms with Gasteiger partial charge in [0.2, 0.25) is 0 Å². The average Bonchev–Trinajstić information content (AvgIpc) is 2.65. The topological polar surface area (TPSA) is 31.5 Å². The van der Waals surface area contributed by atoms with Crippen molar-refractivity contribution in [2.45, 2.75) is 96.3 Å². The van der Waals surface area contributed by atoms with Crippen LogP contribution in [0.2, 0.25) is 0 Å². The maximum Gasteiger partial charge on any atom is 0.134 e. The fourth-order valence-corrected chi connectivity index (χ4v) is 6.17. The van der Waals surface area contributed by atoms with Gasteiger partial charge < -0.3 is 5.48 Å². The number of halogens is 2. The Labute approximate surface area is 162 Å². The van der Waals surface area contributed by atoms with Crippen LogP contribution in [-0.2, 0) is 0 Å². The number of allylic oxidation sites excluding steroid dienone is 1. The summed E-state index contributed by atoms with van der Waals surface area (Å²) >= 11 is 0. The minimum atomic E-state index is -1.22.